The first-order valence-electron chi connectivity index (χ1n) is 4.97. The van der Waals surface area contributed by atoms with Gasteiger partial charge < -0.3 is 4.90 Å². The van der Waals surface area contributed by atoms with E-state index in [-0.39, 0.29) is 0 Å². The van der Waals surface area contributed by atoms with Gasteiger partial charge in [-0.2, -0.15) is 0 Å². The quantitative estimate of drug-likeness (QED) is 0.671. The van der Waals surface area contributed by atoms with E-state index < -0.39 is 0 Å². The van der Waals surface area contributed by atoms with Crippen molar-refractivity contribution < 1.29 is 0 Å². The van der Waals surface area contributed by atoms with Crippen LogP contribution in [0.5, 0.6) is 0 Å². The van der Waals surface area contributed by atoms with Crippen LogP contribution in [0.3, 0.4) is 0 Å². The molecule has 3 rings (SSSR count). The van der Waals surface area contributed by atoms with Crippen molar-refractivity contribution >= 4 is 63.3 Å². The second-order valence-electron chi connectivity index (χ2n) is 3.86. The van der Waals surface area contributed by atoms with Crippen molar-refractivity contribution in [3.05, 3.63) is 33.3 Å². The SMILES string of the molecule is CN1C=Nc2ccc(Cl)c3c(Cl)cc(Cl)c1c23. The molecule has 0 aliphatic carbocycles. The summed E-state index contributed by atoms with van der Waals surface area (Å²) < 4.78 is 0. The third-order valence-corrected chi connectivity index (χ3v) is 3.71. The Labute approximate surface area is 113 Å². The lowest BCUT2D eigenvalue weighted by atomic mass is 10.0. The number of aliphatic imine (C=N–C) groups is 1. The highest BCUT2D eigenvalue weighted by Crippen LogP contribution is 2.46. The minimum absolute atomic E-state index is 0.547. The van der Waals surface area contributed by atoms with Gasteiger partial charge in [0.25, 0.3) is 0 Å². The molecule has 0 saturated heterocycles. The van der Waals surface area contributed by atoms with Gasteiger partial charge in [0.15, 0.2) is 0 Å². The molecule has 2 aromatic rings. The van der Waals surface area contributed by atoms with Crippen molar-refractivity contribution in [2.24, 2.45) is 4.99 Å². The lowest BCUT2D eigenvalue weighted by Gasteiger charge is -2.23. The van der Waals surface area contributed by atoms with Gasteiger partial charge in [-0.05, 0) is 18.2 Å². The molecule has 0 amide bonds. The van der Waals surface area contributed by atoms with Gasteiger partial charge >= 0.3 is 0 Å². The molecule has 1 heterocycles. The standard InChI is InChI=1S/C12H7Cl3N2/c1-17-5-16-9-3-2-6(13)10-7(14)4-8(15)12(17)11(9)10/h2-5H,1H3. The van der Waals surface area contributed by atoms with Crippen molar-refractivity contribution in [2.75, 3.05) is 11.9 Å². The molecule has 2 aromatic carbocycles. The summed E-state index contributed by atoms with van der Waals surface area (Å²) in [4.78, 5) is 6.21. The van der Waals surface area contributed by atoms with Crippen molar-refractivity contribution in [3.63, 3.8) is 0 Å². The van der Waals surface area contributed by atoms with Gasteiger partial charge in [0, 0.05) is 17.8 Å². The Morgan fingerprint density at radius 1 is 1.00 bits per heavy atom. The predicted octanol–water partition coefficient (Wildman–Crippen LogP) is 4.91. The molecule has 0 N–H and O–H groups in total. The molecular formula is C12H7Cl3N2. The summed E-state index contributed by atoms with van der Waals surface area (Å²) in [5.41, 5.74) is 1.72. The Balaban J connectivity index is 2.60. The summed E-state index contributed by atoms with van der Waals surface area (Å²) in [5, 5.41) is 3.46. The molecule has 2 nitrogen and oxygen atoms in total. The molecule has 0 spiro atoms. The van der Waals surface area contributed by atoms with E-state index in [2.05, 4.69) is 4.99 Å². The fourth-order valence-corrected chi connectivity index (χ4v) is 3.08. The van der Waals surface area contributed by atoms with E-state index in [0.717, 1.165) is 22.1 Å². The van der Waals surface area contributed by atoms with Gasteiger partial charge in [0.2, 0.25) is 0 Å². The summed E-state index contributed by atoms with van der Waals surface area (Å²) in [6, 6.07) is 5.38. The van der Waals surface area contributed by atoms with Crippen LogP contribution >= 0.6 is 34.8 Å². The van der Waals surface area contributed by atoms with Gasteiger partial charge in [-0.3, -0.25) is 0 Å². The zero-order valence-electron chi connectivity index (χ0n) is 8.84. The molecule has 0 aromatic heterocycles. The van der Waals surface area contributed by atoms with E-state index in [1.807, 2.05) is 18.0 Å². The number of nitrogens with zero attached hydrogens (tertiary/aromatic N) is 2. The maximum atomic E-state index is 6.23. The van der Waals surface area contributed by atoms with E-state index in [1.165, 1.54) is 0 Å². The maximum Gasteiger partial charge on any atom is 0.0955 e. The van der Waals surface area contributed by atoms with Crippen LogP contribution < -0.4 is 4.90 Å². The number of hydrogen-bond donors (Lipinski definition) is 0. The minimum Gasteiger partial charge on any atom is -0.334 e. The highest BCUT2D eigenvalue weighted by Gasteiger charge is 2.20. The first-order chi connectivity index (χ1) is 8.09. The molecule has 17 heavy (non-hydrogen) atoms. The van der Waals surface area contributed by atoms with Crippen molar-refractivity contribution in [1.29, 1.82) is 0 Å². The van der Waals surface area contributed by atoms with Crippen LogP contribution in [0.25, 0.3) is 10.8 Å². The second-order valence-corrected chi connectivity index (χ2v) is 5.08. The van der Waals surface area contributed by atoms with Gasteiger partial charge in [-0.15, -0.1) is 0 Å². The molecule has 0 atom stereocenters. The van der Waals surface area contributed by atoms with Gasteiger partial charge in [-0.25, -0.2) is 4.99 Å². The average Bonchev–Trinajstić information content (AvgIpc) is 2.27. The van der Waals surface area contributed by atoms with E-state index in [4.69, 9.17) is 34.8 Å². The Morgan fingerprint density at radius 3 is 2.53 bits per heavy atom. The zero-order valence-corrected chi connectivity index (χ0v) is 11.1. The topological polar surface area (TPSA) is 15.6 Å². The van der Waals surface area contributed by atoms with Crippen molar-refractivity contribution in [3.8, 4) is 0 Å². The molecule has 5 heteroatoms. The lowest BCUT2D eigenvalue weighted by Crippen LogP contribution is -2.17. The summed E-state index contributed by atoms with van der Waals surface area (Å²) in [6.07, 6.45) is 1.73. The number of hydrogen-bond acceptors (Lipinski definition) is 2. The van der Waals surface area contributed by atoms with Crippen LogP contribution in [-0.4, -0.2) is 13.4 Å². The van der Waals surface area contributed by atoms with Crippen LogP contribution in [0, 0.1) is 0 Å². The Morgan fingerprint density at radius 2 is 1.76 bits per heavy atom. The normalized spacial score (nSPS) is 13.5. The molecule has 0 unspecified atom stereocenters. The lowest BCUT2D eigenvalue weighted by molar-refractivity contribution is 1.28. The fourth-order valence-electron chi connectivity index (χ4n) is 2.07. The van der Waals surface area contributed by atoms with Crippen LogP contribution in [-0.2, 0) is 0 Å². The number of anilines is 1. The fraction of sp³-hybridized carbons (Fsp3) is 0.0833. The smallest absolute Gasteiger partial charge is 0.0955 e. The molecule has 86 valence electrons. The monoisotopic (exact) mass is 284 g/mol. The molecule has 0 saturated carbocycles. The maximum absolute atomic E-state index is 6.23. The average molecular weight is 286 g/mol. The van der Waals surface area contributed by atoms with Gasteiger partial charge in [0.05, 0.1) is 32.8 Å². The Kier molecular flexibility index (Phi) is 2.47. The third-order valence-electron chi connectivity index (χ3n) is 2.81. The Bertz CT molecular complexity index is 665. The van der Waals surface area contributed by atoms with E-state index in [1.54, 1.807) is 18.5 Å². The molecular weight excluding hydrogens is 279 g/mol. The molecule has 0 radical (unpaired) electrons. The van der Waals surface area contributed by atoms with E-state index in [9.17, 15) is 0 Å². The Hall–Kier alpha value is -0.960. The second kappa shape index (κ2) is 3.77. The van der Waals surface area contributed by atoms with Crippen molar-refractivity contribution in [1.82, 2.24) is 0 Å². The largest absolute Gasteiger partial charge is 0.334 e. The number of halogens is 3. The highest BCUT2D eigenvalue weighted by atomic mass is 35.5. The van der Waals surface area contributed by atoms with Crippen LogP contribution in [0.2, 0.25) is 15.1 Å². The predicted molar refractivity (Wildman–Crippen MR) is 75.5 cm³/mol. The highest BCUT2D eigenvalue weighted by molar-refractivity contribution is 6.46. The van der Waals surface area contributed by atoms with Crippen molar-refractivity contribution in [2.45, 2.75) is 0 Å². The van der Waals surface area contributed by atoms with E-state index in [0.29, 0.717) is 15.1 Å². The van der Waals surface area contributed by atoms with E-state index >= 15 is 0 Å². The summed E-state index contributed by atoms with van der Waals surface area (Å²) in [7, 11) is 1.89. The minimum atomic E-state index is 0.547. The van der Waals surface area contributed by atoms with Gasteiger partial charge in [-0.1, -0.05) is 34.8 Å². The molecule has 0 bridgehead atoms. The summed E-state index contributed by atoms with van der Waals surface area (Å²) in [5.74, 6) is 0. The van der Waals surface area contributed by atoms with Crippen LogP contribution in [0.15, 0.2) is 23.2 Å². The third kappa shape index (κ3) is 1.52. The van der Waals surface area contributed by atoms with Gasteiger partial charge in [0.1, 0.15) is 0 Å². The molecule has 1 aliphatic heterocycles. The number of benzene rings is 2. The first-order valence-corrected chi connectivity index (χ1v) is 6.10. The zero-order chi connectivity index (χ0) is 12.2. The summed E-state index contributed by atoms with van der Waals surface area (Å²) in [6.45, 7) is 0. The first kappa shape index (κ1) is 11.1. The molecule has 0 fully saturated rings. The summed E-state index contributed by atoms with van der Waals surface area (Å²) >= 11 is 18.6. The van der Waals surface area contributed by atoms with Crippen LogP contribution in [0.1, 0.15) is 0 Å². The number of rotatable bonds is 0. The van der Waals surface area contributed by atoms with Crippen LogP contribution in [0.4, 0.5) is 11.4 Å². The molecule has 1 aliphatic rings.